The maximum absolute atomic E-state index is 11.6. The Hall–Kier alpha value is -0.920. The summed E-state index contributed by atoms with van der Waals surface area (Å²) in [4.78, 5) is 6.17. The molecule has 1 aromatic heterocycles. The molecule has 0 saturated heterocycles. The molecule has 1 aliphatic carbocycles. The van der Waals surface area contributed by atoms with Gasteiger partial charge in [0.15, 0.2) is 5.03 Å². The summed E-state index contributed by atoms with van der Waals surface area (Å²) in [5.41, 5.74) is -0.229. The maximum atomic E-state index is 11.6. The van der Waals surface area contributed by atoms with E-state index in [1.165, 1.54) is 12.5 Å². The summed E-state index contributed by atoms with van der Waals surface area (Å²) in [6.45, 7) is 0.309. The van der Waals surface area contributed by atoms with Crippen LogP contribution in [0.4, 0.5) is 0 Å². The van der Waals surface area contributed by atoms with Crippen molar-refractivity contribution in [2.75, 3.05) is 13.2 Å². The number of imidazole rings is 1. The van der Waals surface area contributed by atoms with Crippen molar-refractivity contribution in [2.45, 2.75) is 17.9 Å². The van der Waals surface area contributed by atoms with Crippen LogP contribution >= 0.6 is 0 Å². The van der Waals surface area contributed by atoms with E-state index in [1.807, 2.05) is 0 Å². The first-order chi connectivity index (χ1) is 7.08. The molecule has 0 unspecified atom stereocenters. The molecule has 2 rings (SSSR count). The van der Waals surface area contributed by atoms with Gasteiger partial charge in [0.1, 0.15) is 0 Å². The fraction of sp³-hybridized carbons (Fsp3) is 0.625. The van der Waals surface area contributed by atoms with Crippen LogP contribution in [0.5, 0.6) is 0 Å². The van der Waals surface area contributed by atoms with Crippen molar-refractivity contribution in [3.8, 4) is 0 Å². The van der Waals surface area contributed by atoms with Crippen LogP contribution in [0.1, 0.15) is 12.8 Å². The minimum absolute atomic E-state index is 0.0263. The Kier molecular flexibility index (Phi) is 2.53. The molecule has 1 saturated carbocycles. The van der Waals surface area contributed by atoms with Gasteiger partial charge in [-0.05, 0) is 12.8 Å². The first kappa shape index (κ1) is 10.6. The highest BCUT2D eigenvalue weighted by atomic mass is 32.2. The van der Waals surface area contributed by atoms with E-state index in [0.29, 0.717) is 0 Å². The van der Waals surface area contributed by atoms with Gasteiger partial charge in [-0.3, -0.25) is 0 Å². The SMILES string of the molecule is O=S(=O)(NCC1(CO)CC1)c1cnc[nH]1. The zero-order chi connectivity index (χ0) is 10.9. The number of H-pyrrole nitrogens is 1. The van der Waals surface area contributed by atoms with E-state index >= 15 is 0 Å². The largest absolute Gasteiger partial charge is 0.396 e. The lowest BCUT2D eigenvalue weighted by Crippen LogP contribution is -2.32. The molecule has 0 atom stereocenters. The van der Waals surface area contributed by atoms with Crippen molar-refractivity contribution in [2.24, 2.45) is 5.41 Å². The van der Waals surface area contributed by atoms with Crippen molar-refractivity contribution in [1.29, 1.82) is 0 Å². The standard InChI is InChI=1S/C8H13N3O3S/c12-5-8(1-2-8)4-11-15(13,14)7-3-9-6-10-7/h3,6,11-12H,1-2,4-5H2,(H,9,10). The molecule has 0 amide bonds. The van der Waals surface area contributed by atoms with Crippen molar-refractivity contribution >= 4 is 10.0 Å². The molecule has 1 heterocycles. The summed E-state index contributed by atoms with van der Waals surface area (Å²) >= 11 is 0. The van der Waals surface area contributed by atoms with E-state index in [1.54, 1.807) is 0 Å². The molecule has 84 valence electrons. The molecule has 0 radical (unpaired) electrons. The molecule has 1 aliphatic rings. The predicted octanol–water partition coefficient (Wildman–Crippen LogP) is -0.540. The third kappa shape index (κ3) is 2.19. The fourth-order valence-electron chi connectivity index (χ4n) is 1.28. The molecular weight excluding hydrogens is 218 g/mol. The zero-order valence-electron chi connectivity index (χ0n) is 8.10. The van der Waals surface area contributed by atoms with Gasteiger partial charge in [0.05, 0.1) is 12.5 Å². The average Bonchev–Trinajstić information content (AvgIpc) is 2.77. The van der Waals surface area contributed by atoms with Crippen LogP contribution in [0, 0.1) is 5.41 Å². The molecule has 0 spiro atoms. The van der Waals surface area contributed by atoms with Crippen LogP contribution < -0.4 is 4.72 Å². The third-order valence-electron chi connectivity index (χ3n) is 2.69. The smallest absolute Gasteiger partial charge is 0.257 e. The van der Waals surface area contributed by atoms with E-state index in [-0.39, 0.29) is 23.6 Å². The van der Waals surface area contributed by atoms with E-state index < -0.39 is 10.0 Å². The van der Waals surface area contributed by atoms with Gasteiger partial charge in [0.2, 0.25) is 0 Å². The molecule has 3 N–H and O–H groups in total. The maximum Gasteiger partial charge on any atom is 0.257 e. The van der Waals surface area contributed by atoms with Gasteiger partial charge in [0, 0.05) is 18.6 Å². The summed E-state index contributed by atoms with van der Waals surface area (Å²) in [5.74, 6) is 0. The van der Waals surface area contributed by atoms with Crippen molar-refractivity contribution < 1.29 is 13.5 Å². The number of nitrogens with one attached hydrogen (secondary N) is 2. The van der Waals surface area contributed by atoms with E-state index in [0.717, 1.165) is 12.8 Å². The molecule has 1 aromatic rings. The topological polar surface area (TPSA) is 95.1 Å². The van der Waals surface area contributed by atoms with Gasteiger partial charge in [-0.15, -0.1) is 0 Å². The Bertz CT molecular complexity index is 422. The monoisotopic (exact) mass is 231 g/mol. The molecule has 6 nitrogen and oxygen atoms in total. The van der Waals surface area contributed by atoms with E-state index in [2.05, 4.69) is 14.7 Å². The highest BCUT2D eigenvalue weighted by Crippen LogP contribution is 2.44. The Balaban J connectivity index is 2.00. The van der Waals surface area contributed by atoms with E-state index in [9.17, 15) is 8.42 Å². The van der Waals surface area contributed by atoms with Crippen LogP contribution in [-0.4, -0.2) is 36.6 Å². The quantitative estimate of drug-likeness (QED) is 0.634. The average molecular weight is 231 g/mol. The van der Waals surface area contributed by atoms with Crippen LogP contribution in [0.2, 0.25) is 0 Å². The Morgan fingerprint density at radius 3 is 2.80 bits per heavy atom. The zero-order valence-corrected chi connectivity index (χ0v) is 8.92. The van der Waals surface area contributed by atoms with Crippen molar-refractivity contribution in [3.63, 3.8) is 0 Å². The van der Waals surface area contributed by atoms with Gasteiger partial charge in [-0.2, -0.15) is 0 Å². The number of aromatic amines is 1. The molecule has 15 heavy (non-hydrogen) atoms. The van der Waals surface area contributed by atoms with Crippen LogP contribution in [-0.2, 0) is 10.0 Å². The summed E-state index contributed by atoms with van der Waals surface area (Å²) < 4.78 is 25.7. The van der Waals surface area contributed by atoms with Crippen LogP contribution in [0.15, 0.2) is 17.6 Å². The minimum Gasteiger partial charge on any atom is -0.396 e. The molecule has 0 aliphatic heterocycles. The van der Waals surface area contributed by atoms with Gasteiger partial charge < -0.3 is 10.1 Å². The number of nitrogens with zero attached hydrogens (tertiary/aromatic N) is 1. The lowest BCUT2D eigenvalue weighted by molar-refractivity contribution is 0.213. The first-order valence-corrected chi connectivity index (χ1v) is 6.15. The normalized spacial score (nSPS) is 19.0. The number of aromatic nitrogens is 2. The second kappa shape index (κ2) is 3.58. The van der Waals surface area contributed by atoms with Gasteiger partial charge >= 0.3 is 0 Å². The Labute approximate surface area is 87.8 Å². The number of hydrogen-bond acceptors (Lipinski definition) is 4. The van der Waals surface area contributed by atoms with Crippen LogP contribution in [0.25, 0.3) is 0 Å². The molecule has 7 heteroatoms. The first-order valence-electron chi connectivity index (χ1n) is 4.67. The van der Waals surface area contributed by atoms with Gasteiger partial charge in [-0.25, -0.2) is 18.1 Å². The predicted molar refractivity (Wildman–Crippen MR) is 52.5 cm³/mol. The number of hydrogen-bond donors (Lipinski definition) is 3. The summed E-state index contributed by atoms with van der Waals surface area (Å²) in [6.07, 6.45) is 4.30. The highest BCUT2D eigenvalue weighted by molar-refractivity contribution is 7.89. The number of rotatable bonds is 5. The Morgan fingerprint density at radius 1 is 1.60 bits per heavy atom. The summed E-state index contributed by atoms with van der Waals surface area (Å²) in [5, 5.41) is 9.08. The van der Waals surface area contributed by atoms with E-state index in [4.69, 9.17) is 5.11 Å². The fourth-order valence-corrected chi connectivity index (χ4v) is 2.34. The highest BCUT2D eigenvalue weighted by Gasteiger charge is 2.42. The second-order valence-corrected chi connectivity index (χ2v) is 5.63. The van der Waals surface area contributed by atoms with Gasteiger partial charge in [0.25, 0.3) is 10.0 Å². The lowest BCUT2D eigenvalue weighted by Gasteiger charge is -2.11. The van der Waals surface area contributed by atoms with Crippen molar-refractivity contribution in [1.82, 2.24) is 14.7 Å². The number of aliphatic hydroxyl groups is 1. The summed E-state index contributed by atoms with van der Waals surface area (Å²) in [7, 11) is -3.50. The van der Waals surface area contributed by atoms with Crippen molar-refractivity contribution in [3.05, 3.63) is 12.5 Å². The number of aliphatic hydroxyl groups excluding tert-OH is 1. The molecule has 1 fully saturated rings. The molecular formula is C8H13N3O3S. The molecule has 0 bridgehead atoms. The third-order valence-corrected chi connectivity index (χ3v) is 4.02. The minimum atomic E-state index is -3.50. The van der Waals surface area contributed by atoms with Crippen LogP contribution in [0.3, 0.4) is 0 Å². The second-order valence-electron chi connectivity index (χ2n) is 3.90. The lowest BCUT2D eigenvalue weighted by atomic mass is 10.1. The Morgan fingerprint density at radius 2 is 2.33 bits per heavy atom. The molecule has 0 aromatic carbocycles. The van der Waals surface area contributed by atoms with Gasteiger partial charge in [-0.1, -0.05) is 0 Å². The summed E-state index contributed by atoms with van der Waals surface area (Å²) in [6, 6.07) is 0. The number of sulfonamides is 1.